The molecule has 3 rings (SSSR count). The van der Waals surface area contributed by atoms with Gasteiger partial charge in [0.15, 0.2) is 0 Å². The van der Waals surface area contributed by atoms with E-state index in [1.807, 2.05) is 36.4 Å². The van der Waals surface area contributed by atoms with Gasteiger partial charge in [-0.05, 0) is 17.1 Å². The molecule has 0 aliphatic carbocycles. The fraction of sp³-hybridized carbons (Fsp3) is 0.0769. The van der Waals surface area contributed by atoms with E-state index >= 15 is 0 Å². The molecule has 6 heteroatoms. The molecule has 0 amide bonds. The summed E-state index contributed by atoms with van der Waals surface area (Å²) in [6.45, 7) is 0.334. The Hall–Kier alpha value is -2.76. The standard InChI is InChI=1S/C13H10N4O2/c18-17(19)13-14-7-8-16(13)9-11-6-5-10-3-1-2-4-12(10)15-11/h1-8H,9H2. The van der Waals surface area contributed by atoms with Gasteiger partial charge in [0.05, 0.1) is 11.2 Å². The molecule has 2 aromatic heterocycles. The highest BCUT2D eigenvalue weighted by molar-refractivity contribution is 5.78. The summed E-state index contributed by atoms with van der Waals surface area (Å²) in [5, 5.41) is 11.8. The van der Waals surface area contributed by atoms with Crippen molar-refractivity contribution in [2.45, 2.75) is 6.54 Å². The molecule has 2 heterocycles. The Morgan fingerprint density at radius 2 is 2.05 bits per heavy atom. The zero-order valence-corrected chi connectivity index (χ0v) is 9.93. The van der Waals surface area contributed by atoms with Gasteiger partial charge in [0.2, 0.25) is 0 Å². The number of nitrogens with zero attached hydrogens (tertiary/aromatic N) is 4. The normalized spacial score (nSPS) is 10.7. The van der Waals surface area contributed by atoms with Crippen molar-refractivity contribution in [2.24, 2.45) is 0 Å². The maximum absolute atomic E-state index is 10.8. The summed E-state index contributed by atoms with van der Waals surface area (Å²) < 4.78 is 1.47. The van der Waals surface area contributed by atoms with Crippen LogP contribution < -0.4 is 0 Å². The summed E-state index contributed by atoms with van der Waals surface area (Å²) in [5.41, 5.74) is 1.64. The zero-order valence-electron chi connectivity index (χ0n) is 9.93. The van der Waals surface area contributed by atoms with Gasteiger partial charge in [0.25, 0.3) is 0 Å². The molecule has 0 radical (unpaired) electrons. The molecule has 0 atom stereocenters. The highest BCUT2D eigenvalue weighted by Crippen LogP contribution is 2.14. The Bertz CT molecular complexity index is 751. The van der Waals surface area contributed by atoms with Crippen LogP contribution in [0.5, 0.6) is 0 Å². The summed E-state index contributed by atoms with van der Waals surface area (Å²) in [6, 6.07) is 11.6. The van der Waals surface area contributed by atoms with Gasteiger partial charge in [-0.3, -0.25) is 0 Å². The molecule has 0 unspecified atom stereocenters. The lowest BCUT2D eigenvalue weighted by atomic mass is 10.2. The van der Waals surface area contributed by atoms with Gasteiger partial charge in [0, 0.05) is 5.39 Å². The Balaban J connectivity index is 1.97. The smallest absolute Gasteiger partial charge is 0.390 e. The van der Waals surface area contributed by atoms with Crippen LogP contribution in [0.2, 0.25) is 0 Å². The first-order valence-corrected chi connectivity index (χ1v) is 5.74. The van der Waals surface area contributed by atoms with Gasteiger partial charge in [-0.25, -0.2) is 9.55 Å². The molecule has 0 saturated heterocycles. The van der Waals surface area contributed by atoms with Crippen molar-refractivity contribution >= 4 is 16.9 Å². The number of fused-ring (bicyclic) bond motifs is 1. The molecule has 0 aliphatic heterocycles. The number of rotatable bonds is 3. The first-order valence-electron chi connectivity index (χ1n) is 5.74. The van der Waals surface area contributed by atoms with Gasteiger partial charge in [0.1, 0.15) is 18.9 Å². The van der Waals surface area contributed by atoms with Crippen LogP contribution in [-0.2, 0) is 6.54 Å². The van der Waals surface area contributed by atoms with Crippen LogP contribution in [0.25, 0.3) is 10.9 Å². The van der Waals surface area contributed by atoms with Crippen LogP contribution in [0.15, 0.2) is 48.8 Å². The average Bonchev–Trinajstić information content (AvgIpc) is 2.87. The lowest BCUT2D eigenvalue weighted by Gasteiger charge is -2.03. The Morgan fingerprint density at radius 3 is 2.89 bits per heavy atom. The fourth-order valence-corrected chi connectivity index (χ4v) is 1.97. The minimum Gasteiger partial charge on any atom is -0.390 e. The lowest BCUT2D eigenvalue weighted by molar-refractivity contribution is -0.396. The van der Waals surface area contributed by atoms with E-state index in [1.165, 1.54) is 10.8 Å². The number of benzene rings is 1. The Kier molecular flexibility index (Phi) is 2.68. The molecule has 19 heavy (non-hydrogen) atoms. The number of para-hydroxylation sites is 1. The Labute approximate surface area is 108 Å². The molecule has 3 aromatic rings. The van der Waals surface area contributed by atoms with E-state index in [1.54, 1.807) is 6.20 Å². The molecule has 6 nitrogen and oxygen atoms in total. The summed E-state index contributed by atoms with van der Waals surface area (Å²) in [4.78, 5) is 18.5. The van der Waals surface area contributed by atoms with Crippen molar-refractivity contribution in [1.29, 1.82) is 0 Å². The van der Waals surface area contributed by atoms with Crippen molar-refractivity contribution in [3.63, 3.8) is 0 Å². The zero-order chi connectivity index (χ0) is 13.2. The monoisotopic (exact) mass is 254 g/mol. The molecule has 0 saturated carbocycles. The molecule has 0 aliphatic rings. The van der Waals surface area contributed by atoms with E-state index in [9.17, 15) is 10.1 Å². The summed E-state index contributed by atoms with van der Waals surface area (Å²) in [7, 11) is 0. The van der Waals surface area contributed by atoms with E-state index in [0.29, 0.717) is 6.54 Å². The largest absolute Gasteiger partial charge is 0.434 e. The highest BCUT2D eigenvalue weighted by Gasteiger charge is 2.14. The van der Waals surface area contributed by atoms with Crippen LogP contribution in [0, 0.1) is 10.1 Å². The molecular formula is C13H10N4O2. The lowest BCUT2D eigenvalue weighted by Crippen LogP contribution is -2.05. The number of nitro groups is 1. The van der Waals surface area contributed by atoms with Crippen molar-refractivity contribution in [2.75, 3.05) is 0 Å². The topological polar surface area (TPSA) is 73.8 Å². The van der Waals surface area contributed by atoms with E-state index in [-0.39, 0.29) is 5.95 Å². The molecule has 0 bridgehead atoms. The average molecular weight is 254 g/mol. The van der Waals surface area contributed by atoms with Crippen LogP contribution in [0.3, 0.4) is 0 Å². The molecule has 0 spiro atoms. The Morgan fingerprint density at radius 1 is 1.21 bits per heavy atom. The quantitative estimate of drug-likeness (QED) is 0.531. The van der Waals surface area contributed by atoms with Crippen LogP contribution in [0.4, 0.5) is 5.95 Å². The van der Waals surface area contributed by atoms with Gasteiger partial charge >= 0.3 is 5.95 Å². The number of imidazole rings is 1. The van der Waals surface area contributed by atoms with Crippen molar-refractivity contribution in [3.05, 3.63) is 64.6 Å². The van der Waals surface area contributed by atoms with Crippen LogP contribution in [-0.4, -0.2) is 19.5 Å². The van der Waals surface area contributed by atoms with E-state index in [0.717, 1.165) is 16.6 Å². The summed E-state index contributed by atoms with van der Waals surface area (Å²) in [5.74, 6) is -0.171. The predicted octanol–water partition coefficient (Wildman–Crippen LogP) is 2.39. The number of hydrogen-bond donors (Lipinski definition) is 0. The third kappa shape index (κ3) is 2.15. The second-order valence-corrected chi connectivity index (χ2v) is 4.11. The number of hydrogen-bond acceptors (Lipinski definition) is 4. The SMILES string of the molecule is O=[N+]([O-])c1nccn1Cc1ccc2ccccc2n1. The van der Waals surface area contributed by atoms with Gasteiger partial charge in [-0.15, -0.1) is 0 Å². The fourth-order valence-electron chi connectivity index (χ4n) is 1.97. The van der Waals surface area contributed by atoms with E-state index in [2.05, 4.69) is 9.97 Å². The first-order chi connectivity index (χ1) is 9.24. The highest BCUT2D eigenvalue weighted by atomic mass is 16.6. The minimum atomic E-state index is -0.499. The predicted molar refractivity (Wildman–Crippen MR) is 69.7 cm³/mol. The molecular weight excluding hydrogens is 244 g/mol. The molecule has 0 fully saturated rings. The van der Waals surface area contributed by atoms with Crippen molar-refractivity contribution < 1.29 is 4.92 Å². The molecule has 1 aromatic carbocycles. The van der Waals surface area contributed by atoms with Crippen LogP contribution >= 0.6 is 0 Å². The van der Waals surface area contributed by atoms with Gasteiger partial charge in [-0.2, -0.15) is 0 Å². The second-order valence-electron chi connectivity index (χ2n) is 4.11. The van der Waals surface area contributed by atoms with Gasteiger partial charge in [-0.1, -0.05) is 29.2 Å². The molecule has 0 N–H and O–H groups in total. The van der Waals surface area contributed by atoms with E-state index in [4.69, 9.17) is 0 Å². The number of aromatic nitrogens is 3. The van der Waals surface area contributed by atoms with Gasteiger partial charge < -0.3 is 10.1 Å². The summed E-state index contributed by atoms with van der Waals surface area (Å²) >= 11 is 0. The third-order valence-electron chi connectivity index (χ3n) is 2.85. The molecule has 94 valence electrons. The second kappa shape index (κ2) is 4.49. The maximum atomic E-state index is 10.8. The van der Waals surface area contributed by atoms with Crippen LogP contribution in [0.1, 0.15) is 5.69 Å². The number of pyridine rings is 1. The first kappa shape index (κ1) is 11.3. The third-order valence-corrected chi connectivity index (χ3v) is 2.85. The van der Waals surface area contributed by atoms with Crippen molar-refractivity contribution in [3.8, 4) is 0 Å². The minimum absolute atomic E-state index is 0.171. The summed E-state index contributed by atoms with van der Waals surface area (Å²) in [6.07, 6.45) is 2.99. The maximum Gasteiger partial charge on any atom is 0.434 e. The van der Waals surface area contributed by atoms with Crippen molar-refractivity contribution in [1.82, 2.24) is 14.5 Å². The van der Waals surface area contributed by atoms with E-state index < -0.39 is 4.92 Å².